The number of hydrogen-bond acceptors (Lipinski definition) is 0. The van der Waals surface area contributed by atoms with E-state index in [2.05, 4.69) is 64.2 Å². The molecule has 0 bridgehead atoms. The number of allylic oxidation sites excluding steroid dienone is 8. The Labute approximate surface area is 134 Å². The van der Waals surface area contributed by atoms with Gasteiger partial charge in [0.05, 0.1) is 0 Å². The van der Waals surface area contributed by atoms with Crippen molar-refractivity contribution in [2.24, 2.45) is 0 Å². The van der Waals surface area contributed by atoms with Crippen LogP contribution in [0.5, 0.6) is 0 Å². The van der Waals surface area contributed by atoms with Gasteiger partial charge >= 0.3 is 110 Å². The first kappa shape index (κ1) is 17.5. The molecule has 0 nitrogen and oxygen atoms in total. The summed E-state index contributed by atoms with van der Waals surface area (Å²) in [6.07, 6.45) is 14.9. The van der Waals surface area contributed by atoms with Crippen LogP contribution in [0.3, 0.4) is 0 Å². The minimum atomic E-state index is -2.10. The molecule has 2 aliphatic carbocycles. The molecule has 2 atom stereocenters. The Hall–Kier alpha value is 0.423. The molecule has 1 heterocycles. The predicted molar refractivity (Wildman–Crippen MR) is 72.1 cm³/mol. The predicted octanol–water partition coefficient (Wildman–Crippen LogP) is -0.612. The van der Waals surface area contributed by atoms with Gasteiger partial charge in [0.1, 0.15) is 0 Å². The van der Waals surface area contributed by atoms with Crippen LogP contribution in [-0.4, -0.2) is 0 Å². The van der Waals surface area contributed by atoms with E-state index in [4.69, 9.17) is 0 Å². The zero-order valence-electron chi connectivity index (χ0n) is 12.1. The number of rotatable bonds is 2. The van der Waals surface area contributed by atoms with Crippen LogP contribution in [0.2, 0.25) is 14.5 Å². The monoisotopic (exact) mass is 374 g/mol. The molecule has 3 aliphatic rings. The van der Waals surface area contributed by atoms with Crippen LogP contribution in [-0.2, 0) is 20.3 Å². The van der Waals surface area contributed by atoms with Gasteiger partial charge in [0, 0.05) is 0 Å². The molecular weight excluding hydrogens is 354 g/mol. The number of halogens is 2. The SMILES string of the molecule is CC1=C[C](C)([Zr+2]2([C]3(C)C=CC(C)=C3)[CH2][CH2]2)C=C1.[Cl-].[Cl-]. The first-order valence-corrected chi connectivity index (χ1v) is 12.6. The Balaban J connectivity index is 0.000000902. The summed E-state index contributed by atoms with van der Waals surface area (Å²) in [7, 11) is 0. The van der Waals surface area contributed by atoms with Crippen LogP contribution in [0.25, 0.3) is 0 Å². The van der Waals surface area contributed by atoms with E-state index in [-0.39, 0.29) is 24.8 Å². The van der Waals surface area contributed by atoms with Gasteiger partial charge in [-0.15, -0.1) is 0 Å². The van der Waals surface area contributed by atoms with Gasteiger partial charge < -0.3 is 24.8 Å². The molecule has 104 valence electrons. The third-order valence-electron chi connectivity index (χ3n) is 5.25. The maximum Gasteiger partial charge on any atom is -1.00 e. The molecule has 0 spiro atoms. The van der Waals surface area contributed by atoms with Crippen molar-refractivity contribution in [1.82, 2.24) is 0 Å². The summed E-state index contributed by atoms with van der Waals surface area (Å²) in [5, 5.41) is 0. The summed E-state index contributed by atoms with van der Waals surface area (Å²) in [5.41, 5.74) is 2.95. The molecular formula is C16H22Cl2Zr. The van der Waals surface area contributed by atoms with Gasteiger partial charge in [0.15, 0.2) is 0 Å². The summed E-state index contributed by atoms with van der Waals surface area (Å²) >= 11 is -2.10. The van der Waals surface area contributed by atoms with E-state index in [1.807, 2.05) is 0 Å². The van der Waals surface area contributed by atoms with Crippen molar-refractivity contribution in [2.75, 3.05) is 0 Å². The Bertz CT molecular complexity index is 455. The van der Waals surface area contributed by atoms with E-state index in [0.29, 0.717) is 6.25 Å². The van der Waals surface area contributed by atoms with Crippen LogP contribution in [0.4, 0.5) is 0 Å². The molecule has 1 fully saturated rings. The molecule has 0 radical (unpaired) electrons. The van der Waals surface area contributed by atoms with Crippen LogP contribution in [0.1, 0.15) is 27.7 Å². The molecule has 1 saturated heterocycles. The summed E-state index contributed by atoms with van der Waals surface area (Å²) < 4.78 is 4.03. The average Bonchev–Trinajstić information content (AvgIpc) is 2.92. The minimum Gasteiger partial charge on any atom is -1.00 e. The fourth-order valence-corrected chi connectivity index (χ4v) is 21.0. The summed E-state index contributed by atoms with van der Waals surface area (Å²) in [6, 6.07) is 0. The van der Waals surface area contributed by atoms with Crippen molar-refractivity contribution >= 4 is 0 Å². The van der Waals surface area contributed by atoms with Crippen LogP contribution in [0, 0.1) is 0 Å². The fraction of sp³-hybridized carbons (Fsp3) is 0.500. The quantitative estimate of drug-likeness (QED) is 0.603. The molecule has 3 rings (SSSR count). The average molecular weight is 376 g/mol. The molecule has 0 amide bonds. The Morgan fingerprint density at radius 2 is 1.21 bits per heavy atom. The summed E-state index contributed by atoms with van der Waals surface area (Å²) in [5.74, 6) is 0. The van der Waals surface area contributed by atoms with Crippen molar-refractivity contribution in [2.45, 2.75) is 42.2 Å². The molecule has 3 heteroatoms. The molecule has 0 aromatic carbocycles. The van der Waals surface area contributed by atoms with Gasteiger partial charge in [-0.3, -0.25) is 0 Å². The van der Waals surface area contributed by atoms with Crippen molar-refractivity contribution in [1.29, 1.82) is 0 Å². The second kappa shape index (κ2) is 5.32. The second-order valence-corrected chi connectivity index (χ2v) is 19.7. The van der Waals surface area contributed by atoms with Crippen molar-refractivity contribution in [3.8, 4) is 0 Å². The summed E-state index contributed by atoms with van der Waals surface area (Å²) in [4.78, 5) is 0. The zero-order valence-corrected chi connectivity index (χ0v) is 16.1. The molecule has 1 aliphatic heterocycles. The van der Waals surface area contributed by atoms with E-state index in [1.165, 1.54) is 11.1 Å². The maximum atomic E-state index is 2.57. The fourth-order valence-electron chi connectivity index (χ4n) is 4.13. The Kier molecular flexibility index (Phi) is 4.89. The van der Waals surface area contributed by atoms with Gasteiger partial charge in [0.25, 0.3) is 0 Å². The normalized spacial score (nSPS) is 35.6. The van der Waals surface area contributed by atoms with E-state index >= 15 is 0 Å². The molecule has 19 heavy (non-hydrogen) atoms. The molecule has 0 aromatic rings. The van der Waals surface area contributed by atoms with Crippen molar-refractivity contribution in [3.63, 3.8) is 0 Å². The maximum absolute atomic E-state index is 2.57. The van der Waals surface area contributed by atoms with Crippen LogP contribution in [0.15, 0.2) is 47.6 Å². The van der Waals surface area contributed by atoms with E-state index in [0.717, 1.165) is 0 Å². The zero-order chi connectivity index (χ0) is 12.3. The van der Waals surface area contributed by atoms with E-state index in [9.17, 15) is 0 Å². The van der Waals surface area contributed by atoms with Crippen LogP contribution >= 0.6 is 0 Å². The van der Waals surface area contributed by atoms with Gasteiger partial charge in [-0.05, 0) is 0 Å². The van der Waals surface area contributed by atoms with Crippen LogP contribution < -0.4 is 24.8 Å². The largest absolute Gasteiger partial charge is 1.00 e. The van der Waals surface area contributed by atoms with E-state index in [1.54, 1.807) is 8.26 Å². The van der Waals surface area contributed by atoms with Gasteiger partial charge in [-0.25, -0.2) is 0 Å². The Morgan fingerprint density at radius 3 is 1.42 bits per heavy atom. The van der Waals surface area contributed by atoms with Gasteiger partial charge in [-0.2, -0.15) is 0 Å². The van der Waals surface area contributed by atoms with Crippen molar-refractivity contribution in [3.05, 3.63) is 47.6 Å². The summed E-state index contributed by atoms with van der Waals surface area (Å²) in [6.45, 7) is 9.50. The minimum absolute atomic E-state index is 0. The Morgan fingerprint density at radius 1 is 0.842 bits per heavy atom. The smallest absolute Gasteiger partial charge is 1.00 e. The van der Waals surface area contributed by atoms with Crippen molar-refractivity contribution < 1.29 is 45.1 Å². The third kappa shape index (κ3) is 2.41. The van der Waals surface area contributed by atoms with Gasteiger partial charge in [0.2, 0.25) is 0 Å². The standard InChI is InChI=1S/2C7H9.C2H4.2ClH.Zr/c2*1-6-3-4-7(2)5-6;1-2;;;/h2*3-5H,1-2H3;1-2H2;2*1H;/q;;;;;+2/p-2. The second-order valence-electron chi connectivity index (χ2n) is 6.59. The molecule has 0 aromatic heterocycles. The van der Waals surface area contributed by atoms with E-state index < -0.39 is 20.3 Å². The first-order valence-electron chi connectivity index (χ1n) is 6.68. The van der Waals surface area contributed by atoms with Gasteiger partial charge in [-0.1, -0.05) is 0 Å². The number of hydrogen-bond donors (Lipinski definition) is 0. The first-order chi connectivity index (χ1) is 7.91. The third-order valence-corrected chi connectivity index (χ3v) is 20.6. The molecule has 2 unspecified atom stereocenters. The molecule has 0 saturated carbocycles. The molecule has 0 N–H and O–H groups in total. The topological polar surface area (TPSA) is 0 Å².